The lowest BCUT2D eigenvalue weighted by atomic mass is 10.1. The third kappa shape index (κ3) is 5.29. The summed E-state index contributed by atoms with van der Waals surface area (Å²) in [4.78, 5) is 12.0. The lowest BCUT2D eigenvalue weighted by Crippen LogP contribution is -2.30. The van der Waals surface area contributed by atoms with Crippen LogP contribution in [0.25, 0.3) is 10.8 Å². The quantitative estimate of drug-likeness (QED) is 0.652. The van der Waals surface area contributed by atoms with Crippen LogP contribution in [0.4, 0.5) is 0 Å². The van der Waals surface area contributed by atoms with Gasteiger partial charge in [0.25, 0.3) is 5.91 Å². The zero-order chi connectivity index (χ0) is 19.3. The lowest BCUT2D eigenvalue weighted by Gasteiger charge is -2.09. The number of nitrogens with two attached hydrogens (primary N) is 1. The average Bonchev–Trinajstić information content (AvgIpc) is 2.66. The maximum absolute atomic E-state index is 11.9. The number of ether oxygens (including phenoxy) is 1. The molecule has 0 spiro atoms. The predicted octanol–water partition coefficient (Wildman–Crippen LogP) is 2.22. The van der Waals surface area contributed by atoms with E-state index in [9.17, 15) is 13.2 Å². The Morgan fingerprint density at radius 3 is 2.37 bits per heavy atom. The van der Waals surface area contributed by atoms with Gasteiger partial charge in [0.05, 0.1) is 4.90 Å². The molecule has 3 rings (SSSR count). The summed E-state index contributed by atoms with van der Waals surface area (Å²) in [5, 5.41) is 10.0. The molecule has 0 heterocycles. The van der Waals surface area contributed by atoms with Crippen molar-refractivity contribution in [2.24, 2.45) is 5.14 Å². The van der Waals surface area contributed by atoms with Crippen LogP contribution in [0.1, 0.15) is 5.56 Å². The van der Waals surface area contributed by atoms with E-state index in [1.165, 1.54) is 12.1 Å². The molecule has 7 heteroatoms. The van der Waals surface area contributed by atoms with Crippen LogP contribution in [0.5, 0.6) is 5.75 Å². The first kappa shape index (κ1) is 18.9. The molecule has 0 radical (unpaired) electrons. The third-order valence-electron chi connectivity index (χ3n) is 4.08. The summed E-state index contributed by atoms with van der Waals surface area (Å²) in [6.45, 7) is 0.358. The molecule has 0 atom stereocenters. The number of nitrogens with one attached hydrogen (secondary N) is 1. The summed E-state index contributed by atoms with van der Waals surface area (Å²) in [5.74, 6) is 0.423. The summed E-state index contributed by atoms with van der Waals surface area (Å²) in [5.41, 5.74) is 0.901. The number of benzene rings is 3. The second-order valence-corrected chi connectivity index (χ2v) is 7.65. The molecule has 0 aliphatic rings. The van der Waals surface area contributed by atoms with Crippen molar-refractivity contribution in [2.45, 2.75) is 11.3 Å². The fourth-order valence-corrected chi connectivity index (χ4v) is 3.16. The second-order valence-electron chi connectivity index (χ2n) is 6.09. The van der Waals surface area contributed by atoms with Crippen LogP contribution in [0.15, 0.2) is 71.6 Å². The highest BCUT2D eigenvalue weighted by Crippen LogP contribution is 2.20. The van der Waals surface area contributed by atoms with E-state index >= 15 is 0 Å². The number of hydrogen-bond donors (Lipinski definition) is 2. The van der Waals surface area contributed by atoms with Crippen LogP contribution in [0, 0.1) is 0 Å². The van der Waals surface area contributed by atoms with Crippen molar-refractivity contribution in [3.8, 4) is 5.75 Å². The minimum atomic E-state index is -3.69. The molecule has 3 aromatic rings. The maximum atomic E-state index is 11.9. The van der Waals surface area contributed by atoms with E-state index in [1.807, 2.05) is 42.5 Å². The van der Waals surface area contributed by atoms with E-state index in [2.05, 4.69) is 5.32 Å². The number of primary sulfonamides is 1. The molecule has 0 saturated carbocycles. The van der Waals surface area contributed by atoms with Crippen molar-refractivity contribution in [2.75, 3.05) is 13.2 Å². The van der Waals surface area contributed by atoms with E-state index in [1.54, 1.807) is 12.1 Å². The molecule has 0 bridgehead atoms. The Labute approximate surface area is 158 Å². The summed E-state index contributed by atoms with van der Waals surface area (Å²) in [6.07, 6.45) is 0.576. The van der Waals surface area contributed by atoms with E-state index in [0.29, 0.717) is 18.7 Å². The average molecular weight is 384 g/mol. The molecule has 1 amide bonds. The number of fused-ring (bicyclic) bond motifs is 1. The highest BCUT2D eigenvalue weighted by molar-refractivity contribution is 7.89. The van der Waals surface area contributed by atoms with Crippen molar-refractivity contribution < 1.29 is 17.9 Å². The van der Waals surface area contributed by atoms with Crippen molar-refractivity contribution in [1.82, 2.24) is 5.32 Å². The van der Waals surface area contributed by atoms with Gasteiger partial charge in [-0.3, -0.25) is 4.79 Å². The first-order valence-electron chi connectivity index (χ1n) is 8.42. The van der Waals surface area contributed by atoms with Gasteiger partial charge in [-0.1, -0.05) is 42.5 Å². The number of sulfonamides is 1. The lowest BCUT2D eigenvalue weighted by molar-refractivity contribution is -0.123. The summed E-state index contributed by atoms with van der Waals surface area (Å²) >= 11 is 0. The van der Waals surface area contributed by atoms with Crippen molar-refractivity contribution in [3.63, 3.8) is 0 Å². The molecule has 3 N–H and O–H groups in total. The molecule has 0 unspecified atom stereocenters. The summed E-state index contributed by atoms with van der Waals surface area (Å²) < 4.78 is 28.0. The smallest absolute Gasteiger partial charge is 0.257 e. The number of hydrogen-bond acceptors (Lipinski definition) is 4. The van der Waals surface area contributed by atoms with Crippen LogP contribution < -0.4 is 15.2 Å². The Morgan fingerprint density at radius 2 is 1.67 bits per heavy atom. The van der Waals surface area contributed by atoms with E-state index < -0.39 is 10.0 Å². The van der Waals surface area contributed by atoms with Crippen LogP contribution in [0.2, 0.25) is 0 Å². The Morgan fingerprint density at radius 1 is 0.963 bits per heavy atom. The van der Waals surface area contributed by atoms with Crippen LogP contribution in [-0.4, -0.2) is 27.5 Å². The topological polar surface area (TPSA) is 98.5 Å². The Kier molecular flexibility index (Phi) is 5.73. The van der Waals surface area contributed by atoms with Gasteiger partial charge in [0.1, 0.15) is 5.75 Å². The Bertz CT molecular complexity index is 1050. The molecule has 6 nitrogen and oxygen atoms in total. The van der Waals surface area contributed by atoms with Gasteiger partial charge < -0.3 is 10.1 Å². The van der Waals surface area contributed by atoms with Gasteiger partial charge in [-0.15, -0.1) is 0 Å². The van der Waals surface area contributed by atoms with Gasteiger partial charge in [-0.25, -0.2) is 13.6 Å². The predicted molar refractivity (Wildman–Crippen MR) is 104 cm³/mol. The number of amides is 1. The zero-order valence-electron chi connectivity index (χ0n) is 14.6. The molecule has 140 valence electrons. The first-order valence-corrected chi connectivity index (χ1v) is 9.96. The van der Waals surface area contributed by atoms with Crippen LogP contribution in [0.3, 0.4) is 0 Å². The van der Waals surface area contributed by atoms with Gasteiger partial charge in [0.15, 0.2) is 6.61 Å². The molecule has 0 aliphatic heterocycles. The van der Waals surface area contributed by atoms with Crippen molar-refractivity contribution >= 4 is 26.7 Å². The molecule has 0 aromatic heterocycles. The van der Waals surface area contributed by atoms with E-state index in [-0.39, 0.29) is 17.4 Å². The molecule has 3 aromatic carbocycles. The molecule has 0 fully saturated rings. The standard InChI is InChI=1S/C20H20N2O4S/c21-27(24,25)19-9-5-15(6-10-19)11-12-22-20(23)14-26-18-8-7-16-3-1-2-4-17(16)13-18/h1-10,13H,11-12,14H2,(H,22,23)(H2,21,24,25). The minimum absolute atomic E-state index is 0.0668. The SMILES string of the molecule is NS(=O)(=O)c1ccc(CCNC(=O)COc2ccc3ccccc3c2)cc1. The number of carbonyl (C=O) groups excluding carboxylic acids is 1. The van der Waals surface area contributed by atoms with Crippen LogP contribution in [-0.2, 0) is 21.2 Å². The maximum Gasteiger partial charge on any atom is 0.257 e. The monoisotopic (exact) mass is 384 g/mol. The second kappa shape index (κ2) is 8.20. The normalized spacial score (nSPS) is 11.3. The molecule has 0 aliphatic carbocycles. The zero-order valence-corrected chi connectivity index (χ0v) is 15.4. The first-order chi connectivity index (χ1) is 12.9. The van der Waals surface area contributed by atoms with Gasteiger partial charge >= 0.3 is 0 Å². The number of rotatable bonds is 7. The highest BCUT2D eigenvalue weighted by atomic mass is 32.2. The largest absolute Gasteiger partial charge is 0.484 e. The van der Waals surface area contributed by atoms with Crippen LogP contribution >= 0.6 is 0 Å². The summed E-state index contributed by atoms with van der Waals surface area (Å²) in [6, 6.07) is 19.9. The molecular weight excluding hydrogens is 364 g/mol. The Hall–Kier alpha value is -2.90. The van der Waals surface area contributed by atoms with Gasteiger partial charge in [-0.2, -0.15) is 0 Å². The van der Waals surface area contributed by atoms with Crippen molar-refractivity contribution in [1.29, 1.82) is 0 Å². The minimum Gasteiger partial charge on any atom is -0.484 e. The molecule has 0 saturated heterocycles. The summed E-state index contributed by atoms with van der Waals surface area (Å²) in [7, 11) is -3.69. The highest BCUT2D eigenvalue weighted by Gasteiger charge is 2.07. The van der Waals surface area contributed by atoms with E-state index in [0.717, 1.165) is 16.3 Å². The molecular formula is C20H20N2O4S. The van der Waals surface area contributed by atoms with Gasteiger partial charge in [0.2, 0.25) is 10.0 Å². The Balaban J connectivity index is 1.45. The third-order valence-corrected chi connectivity index (χ3v) is 5.01. The fraction of sp³-hybridized carbons (Fsp3) is 0.150. The van der Waals surface area contributed by atoms with E-state index in [4.69, 9.17) is 9.88 Å². The fourth-order valence-electron chi connectivity index (χ4n) is 2.65. The number of carbonyl (C=O) groups is 1. The van der Waals surface area contributed by atoms with Gasteiger partial charge in [-0.05, 0) is 47.0 Å². The molecule has 27 heavy (non-hydrogen) atoms. The van der Waals surface area contributed by atoms with Gasteiger partial charge in [0, 0.05) is 6.54 Å². The van der Waals surface area contributed by atoms with Crippen molar-refractivity contribution in [3.05, 3.63) is 72.3 Å².